The first-order valence-corrected chi connectivity index (χ1v) is 16.5. The van der Waals surface area contributed by atoms with E-state index in [-0.39, 0.29) is 23.5 Å². The van der Waals surface area contributed by atoms with Crippen molar-refractivity contribution in [3.8, 4) is 5.75 Å². The smallest absolute Gasteiger partial charge is 0.264 e. The maximum Gasteiger partial charge on any atom is 0.264 e. The Morgan fingerprint density at radius 1 is 0.952 bits per heavy atom. The Hall–Kier alpha value is -3.83. The molecule has 0 aromatic heterocycles. The molecule has 11 heteroatoms. The number of nitrogens with one attached hydrogen (secondary N) is 2. The highest BCUT2D eigenvalue weighted by atomic mass is 32.2. The van der Waals surface area contributed by atoms with Gasteiger partial charge in [-0.05, 0) is 92.2 Å². The minimum atomic E-state index is -4.02. The first-order chi connectivity index (χ1) is 20.2. The highest BCUT2D eigenvalue weighted by molar-refractivity contribution is 7.98. The van der Waals surface area contributed by atoms with Crippen LogP contribution < -0.4 is 19.8 Å². The van der Waals surface area contributed by atoms with Crippen LogP contribution >= 0.6 is 11.8 Å². The number of anilines is 1. The number of carbonyl (C=O) groups excluding carboxylic acids is 2. The van der Waals surface area contributed by atoms with Gasteiger partial charge >= 0.3 is 0 Å². The number of aryl methyl sites for hydroxylation is 1. The minimum absolute atomic E-state index is 0.0535. The van der Waals surface area contributed by atoms with Crippen LogP contribution in [0.15, 0.2) is 87.7 Å². The predicted octanol–water partition coefficient (Wildman–Crippen LogP) is 4.89. The highest BCUT2D eigenvalue weighted by Gasteiger charge is 2.27. The molecule has 3 aromatic rings. The van der Waals surface area contributed by atoms with E-state index >= 15 is 0 Å². The molecule has 0 heterocycles. The van der Waals surface area contributed by atoms with Gasteiger partial charge in [0.15, 0.2) is 6.61 Å². The second kappa shape index (κ2) is 14.9. The summed E-state index contributed by atoms with van der Waals surface area (Å²) >= 11 is 1.51. The molecule has 222 valence electrons. The van der Waals surface area contributed by atoms with Gasteiger partial charge in [0, 0.05) is 10.9 Å². The molecule has 2 N–H and O–H groups in total. The molecule has 1 aliphatic rings. The number of hydrogen-bond acceptors (Lipinski definition) is 7. The van der Waals surface area contributed by atoms with Crippen molar-refractivity contribution >= 4 is 45.5 Å². The normalized spacial score (nSPS) is 14.0. The lowest BCUT2D eigenvalue weighted by atomic mass is 9.95. The number of amides is 2. The number of hydrogen-bond donors (Lipinski definition) is 2. The van der Waals surface area contributed by atoms with E-state index in [1.54, 1.807) is 60.7 Å². The van der Waals surface area contributed by atoms with E-state index in [4.69, 9.17) is 4.74 Å². The van der Waals surface area contributed by atoms with Crippen molar-refractivity contribution in [3.63, 3.8) is 0 Å². The second-order valence-corrected chi connectivity index (χ2v) is 12.8. The van der Waals surface area contributed by atoms with Crippen LogP contribution in [0.25, 0.3) is 0 Å². The number of thioether (sulfide) groups is 1. The van der Waals surface area contributed by atoms with E-state index in [1.165, 1.54) is 36.5 Å². The molecule has 42 heavy (non-hydrogen) atoms. The van der Waals surface area contributed by atoms with E-state index in [0.717, 1.165) is 40.4 Å². The topological polar surface area (TPSA) is 117 Å². The average molecular weight is 609 g/mol. The number of rotatable bonds is 12. The van der Waals surface area contributed by atoms with Gasteiger partial charge in [0.2, 0.25) is 0 Å². The number of sulfonamides is 1. The summed E-state index contributed by atoms with van der Waals surface area (Å²) < 4.78 is 33.7. The number of nitrogens with zero attached hydrogens (tertiary/aromatic N) is 2. The van der Waals surface area contributed by atoms with Crippen LogP contribution in [0.5, 0.6) is 5.75 Å². The predicted molar refractivity (Wildman–Crippen MR) is 167 cm³/mol. The molecule has 9 nitrogen and oxygen atoms in total. The number of carbonyl (C=O) groups is 2. The van der Waals surface area contributed by atoms with Crippen molar-refractivity contribution in [2.45, 2.75) is 54.9 Å². The van der Waals surface area contributed by atoms with E-state index in [0.29, 0.717) is 17.0 Å². The maximum atomic E-state index is 13.5. The first-order valence-electron chi connectivity index (χ1n) is 13.8. The lowest BCUT2D eigenvalue weighted by Crippen LogP contribution is -2.39. The molecule has 0 atom stereocenters. The Labute approximate surface area is 251 Å². The van der Waals surface area contributed by atoms with Gasteiger partial charge in [-0.1, -0.05) is 37.0 Å². The number of hydrazone groups is 1. The Balaban J connectivity index is 1.34. The van der Waals surface area contributed by atoms with Crippen LogP contribution in [0.1, 0.15) is 43.2 Å². The van der Waals surface area contributed by atoms with Crippen LogP contribution in [0.4, 0.5) is 5.69 Å². The molecule has 0 saturated heterocycles. The SMILES string of the molecule is CSc1ccc(S(=O)(=O)N(CC(=O)N/N=C\c2ccc(OCC(=O)NC3CCCCC3)cc2)c2ccc(C)cc2)cc1. The quantitative estimate of drug-likeness (QED) is 0.172. The molecular formula is C31H36N4O5S2. The zero-order valence-electron chi connectivity index (χ0n) is 23.8. The summed E-state index contributed by atoms with van der Waals surface area (Å²) in [6.07, 6.45) is 8.91. The minimum Gasteiger partial charge on any atom is -0.484 e. The van der Waals surface area contributed by atoms with E-state index < -0.39 is 22.5 Å². The summed E-state index contributed by atoms with van der Waals surface area (Å²) in [5.41, 5.74) is 4.44. The van der Waals surface area contributed by atoms with Crippen LogP contribution in [-0.2, 0) is 19.6 Å². The van der Waals surface area contributed by atoms with Gasteiger partial charge in [-0.15, -0.1) is 11.8 Å². The molecule has 1 aliphatic carbocycles. The molecule has 2 amide bonds. The molecular weight excluding hydrogens is 572 g/mol. The Morgan fingerprint density at radius 3 is 2.26 bits per heavy atom. The van der Waals surface area contributed by atoms with Crippen molar-refractivity contribution in [3.05, 3.63) is 83.9 Å². The first kappa shape index (κ1) is 31.1. The van der Waals surface area contributed by atoms with Crippen LogP contribution in [0.3, 0.4) is 0 Å². The maximum absolute atomic E-state index is 13.5. The summed E-state index contributed by atoms with van der Waals surface area (Å²) in [7, 11) is -4.02. The molecule has 1 saturated carbocycles. The average Bonchev–Trinajstić information content (AvgIpc) is 3.00. The van der Waals surface area contributed by atoms with Crippen molar-refractivity contribution < 1.29 is 22.7 Å². The number of benzene rings is 3. The zero-order valence-corrected chi connectivity index (χ0v) is 25.4. The summed E-state index contributed by atoms with van der Waals surface area (Å²) in [5.74, 6) is -0.187. The van der Waals surface area contributed by atoms with Crippen LogP contribution in [0.2, 0.25) is 0 Å². The third kappa shape index (κ3) is 8.83. The third-order valence-electron chi connectivity index (χ3n) is 6.88. The fourth-order valence-electron chi connectivity index (χ4n) is 4.56. The van der Waals surface area contributed by atoms with Crippen LogP contribution in [-0.4, -0.2) is 51.9 Å². The zero-order chi connectivity index (χ0) is 30.0. The highest BCUT2D eigenvalue weighted by Crippen LogP contribution is 2.26. The molecule has 0 aliphatic heterocycles. The monoisotopic (exact) mass is 608 g/mol. The molecule has 0 spiro atoms. The molecule has 0 radical (unpaired) electrons. The van der Waals surface area contributed by atoms with Gasteiger partial charge in [0.25, 0.3) is 21.8 Å². The van der Waals surface area contributed by atoms with Gasteiger partial charge in [-0.2, -0.15) is 5.10 Å². The summed E-state index contributed by atoms with van der Waals surface area (Å²) in [5, 5.41) is 7.02. The van der Waals surface area contributed by atoms with Gasteiger partial charge in [-0.25, -0.2) is 13.8 Å². The molecule has 3 aromatic carbocycles. The van der Waals surface area contributed by atoms with E-state index in [2.05, 4.69) is 15.8 Å². The lowest BCUT2D eigenvalue weighted by Gasteiger charge is -2.24. The third-order valence-corrected chi connectivity index (χ3v) is 9.41. The Bertz CT molecular complexity index is 1470. The Morgan fingerprint density at radius 2 is 1.62 bits per heavy atom. The van der Waals surface area contributed by atoms with Crippen molar-refractivity contribution in [1.82, 2.24) is 10.7 Å². The fraction of sp³-hybridized carbons (Fsp3) is 0.323. The molecule has 0 bridgehead atoms. The fourth-order valence-corrected chi connectivity index (χ4v) is 6.39. The summed E-state index contributed by atoms with van der Waals surface area (Å²) in [6, 6.07) is 20.6. The Kier molecular flexibility index (Phi) is 11.0. The lowest BCUT2D eigenvalue weighted by molar-refractivity contribution is -0.124. The largest absolute Gasteiger partial charge is 0.484 e. The molecule has 1 fully saturated rings. The molecule has 0 unspecified atom stereocenters. The standard InChI is InChI=1S/C31H36N4O5S2/c1-23-8-12-26(13-9-23)35(42(38,39)29-18-16-28(41-2)17-19-29)21-30(36)34-32-20-24-10-14-27(15-11-24)40-22-31(37)33-25-6-4-3-5-7-25/h8-20,25H,3-7,21-22H2,1-2H3,(H,33,37)(H,34,36)/b32-20-. The van der Waals surface area contributed by atoms with Crippen molar-refractivity contribution in [1.29, 1.82) is 0 Å². The van der Waals surface area contributed by atoms with Crippen molar-refractivity contribution in [2.24, 2.45) is 5.10 Å². The summed E-state index contributed by atoms with van der Waals surface area (Å²) in [4.78, 5) is 26.0. The van der Waals surface area contributed by atoms with Gasteiger partial charge < -0.3 is 10.1 Å². The van der Waals surface area contributed by atoms with Crippen molar-refractivity contribution in [2.75, 3.05) is 23.7 Å². The van der Waals surface area contributed by atoms with E-state index in [9.17, 15) is 18.0 Å². The van der Waals surface area contributed by atoms with Gasteiger partial charge in [-0.3, -0.25) is 13.9 Å². The van der Waals surface area contributed by atoms with E-state index in [1.807, 2.05) is 13.2 Å². The number of ether oxygens (including phenoxy) is 1. The second-order valence-electron chi connectivity index (χ2n) is 10.1. The van der Waals surface area contributed by atoms with Gasteiger partial charge in [0.05, 0.1) is 16.8 Å². The molecule has 4 rings (SSSR count). The van der Waals surface area contributed by atoms with Crippen LogP contribution in [0, 0.1) is 6.92 Å². The summed E-state index contributed by atoms with van der Waals surface area (Å²) in [6.45, 7) is 1.39. The van der Waals surface area contributed by atoms with Gasteiger partial charge in [0.1, 0.15) is 12.3 Å².